The second-order valence-electron chi connectivity index (χ2n) is 5.19. The van der Waals surface area contributed by atoms with Crippen LogP contribution in [-0.2, 0) is 11.2 Å². The topological polar surface area (TPSA) is 92.8 Å². The van der Waals surface area contributed by atoms with Gasteiger partial charge in [0.25, 0.3) is 0 Å². The monoisotopic (exact) mass is 343 g/mol. The fourth-order valence-electron chi connectivity index (χ4n) is 2.36. The van der Waals surface area contributed by atoms with Gasteiger partial charge in [0, 0.05) is 10.9 Å². The van der Waals surface area contributed by atoms with Crippen LogP contribution in [0.2, 0.25) is 0 Å². The molecule has 2 N–H and O–H groups in total. The van der Waals surface area contributed by atoms with Crippen molar-refractivity contribution >= 4 is 17.2 Å². The Morgan fingerprint density at radius 2 is 2.25 bits per heavy atom. The fraction of sp³-hybridized carbons (Fsp3) is 0.250. The fourth-order valence-corrected chi connectivity index (χ4v) is 3.13. The molecule has 0 unspecified atom stereocenters. The molecule has 7 nitrogen and oxygen atoms in total. The average molecular weight is 343 g/mol. The van der Waals surface area contributed by atoms with Crippen LogP contribution in [0, 0.1) is 0 Å². The molecule has 124 valence electrons. The van der Waals surface area contributed by atoms with E-state index in [1.54, 1.807) is 7.11 Å². The van der Waals surface area contributed by atoms with E-state index in [1.807, 2.05) is 36.6 Å². The number of ether oxygens (including phenoxy) is 1. The Bertz CT molecular complexity index is 816. The lowest BCUT2D eigenvalue weighted by atomic mass is 10.1. The predicted molar refractivity (Wildman–Crippen MR) is 90.7 cm³/mol. The van der Waals surface area contributed by atoms with Crippen molar-refractivity contribution in [3.05, 3.63) is 47.2 Å². The van der Waals surface area contributed by atoms with Crippen molar-refractivity contribution in [3.8, 4) is 16.6 Å². The lowest BCUT2D eigenvalue weighted by Crippen LogP contribution is -2.28. The molecule has 24 heavy (non-hydrogen) atoms. The largest absolute Gasteiger partial charge is 0.496 e. The quantitative estimate of drug-likeness (QED) is 0.717. The number of para-hydroxylation sites is 1. The van der Waals surface area contributed by atoms with Crippen LogP contribution in [0.25, 0.3) is 10.8 Å². The molecule has 2 aromatic heterocycles. The highest BCUT2D eigenvalue weighted by Gasteiger charge is 2.15. The third-order valence-corrected chi connectivity index (χ3v) is 4.39. The van der Waals surface area contributed by atoms with Gasteiger partial charge in [-0.1, -0.05) is 18.2 Å². The molecule has 3 rings (SSSR count). The zero-order valence-corrected chi connectivity index (χ0v) is 14.1. The Morgan fingerprint density at radius 3 is 3.00 bits per heavy atom. The number of carbonyl (C=O) groups excluding carboxylic acids is 1. The molecule has 2 heterocycles. The molecule has 0 fully saturated rings. The summed E-state index contributed by atoms with van der Waals surface area (Å²) < 4.78 is 5.33. The van der Waals surface area contributed by atoms with Gasteiger partial charge in [-0.25, -0.2) is 9.97 Å². The number of aromatic amines is 1. The van der Waals surface area contributed by atoms with Gasteiger partial charge in [-0.15, -0.1) is 11.3 Å². The minimum atomic E-state index is -0.152. The van der Waals surface area contributed by atoms with Gasteiger partial charge in [-0.2, -0.15) is 5.10 Å². The number of hydrogen-bond acceptors (Lipinski definition) is 6. The maximum atomic E-state index is 12.3. The van der Waals surface area contributed by atoms with Gasteiger partial charge in [0.05, 0.1) is 25.3 Å². The summed E-state index contributed by atoms with van der Waals surface area (Å²) in [5.41, 5.74) is 1.64. The highest BCUT2D eigenvalue weighted by Crippen LogP contribution is 2.24. The number of aromatic nitrogens is 4. The van der Waals surface area contributed by atoms with Gasteiger partial charge in [0.1, 0.15) is 12.1 Å². The van der Waals surface area contributed by atoms with E-state index in [1.165, 1.54) is 17.7 Å². The Hall–Kier alpha value is -2.74. The van der Waals surface area contributed by atoms with Crippen LogP contribution in [0.1, 0.15) is 24.2 Å². The number of rotatable bonds is 6. The first-order valence-electron chi connectivity index (χ1n) is 7.39. The van der Waals surface area contributed by atoms with Crippen molar-refractivity contribution in [2.75, 3.05) is 7.11 Å². The van der Waals surface area contributed by atoms with Crippen LogP contribution < -0.4 is 10.1 Å². The van der Waals surface area contributed by atoms with Crippen molar-refractivity contribution in [2.45, 2.75) is 19.4 Å². The number of thiazole rings is 1. The van der Waals surface area contributed by atoms with Gasteiger partial charge in [0.2, 0.25) is 5.91 Å². The highest BCUT2D eigenvalue weighted by molar-refractivity contribution is 7.13. The SMILES string of the molecule is COc1ccccc1[C@H](C)NC(=O)Cc1csc(-c2ncn[nH]2)n1. The van der Waals surface area contributed by atoms with E-state index in [9.17, 15) is 4.79 Å². The van der Waals surface area contributed by atoms with Gasteiger partial charge in [-0.05, 0) is 13.0 Å². The third-order valence-electron chi connectivity index (χ3n) is 3.49. The second kappa shape index (κ2) is 7.22. The molecule has 3 aromatic rings. The molecule has 1 amide bonds. The smallest absolute Gasteiger partial charge is 0.226 e. The molecule has 1 atom stereocenters. The van der Waals surface area contributed by atoms with Crippen LogP contribution >= 0.6 is 11.3 Å². The molecule has 8 heteroatoms. The zero-order valence-electron chi connectivity index (χ0n) is 13.3. The number of methoxy groups -OCH3 is 1. The van der Waals surface area contributed by atoms with Crippen LogP contribution in [0.3, 0.4) is 0 Å². The van der Waals surface area contributed by atoms with E-state index in [0.29, 0.717) is 16.5 Å². The molecule has 0 spiro atoms. The van der Waals surface area contributed by atoms with Crippen molar-refractivity contribution in [1.82, 2.24) is 25.5 Å². The Labute approximate surface area is 143 Å². The minimum Gasteiger partial charge on any atom is -0.496 e. The molecule has 0 aliphatic carbocycles. The lowest BCUT2D eigenvalue weighted by Gasteiger charge is -2.16. The summed E-state index contributed by atoms with van der Waals surface area (Å²) in [7, 11) is 1.62. The maximum Gasteiger partial charge on any atom is 0.226 e. The lowest BCUT2D eigenvalue weighted by molar-refractivity contribution is -0.121. The molecule has 0 aliphatic heterocycles. The van der Waals surface area contributed by atoms with E-state index in [4.69, 9.17) is 4.74 Å². The molecular formula is C16H17N5O2S. The molecular weight excluding hydrogens is 326 g/mol. The van der Waals surface area contributed by atoms with Gasteiger partial charge < -0.3 is 10.1 Å². The molecule has 0 saturated heterocycles. The zero-order chi connectivity index (χ0) is 16.9. The number of benzene rings is 1. The van der Waals surface area contributed by atoms with Crippen molar-refractivity contribution in [1.29, 1.82) is 0 Å². The van der Waals surface area contributed by atoms with Gasteiger partial charge in [-0.3, -0.25) is 9.89 Å². The first-order valence-corrected chi connectivity index (χ1v) is 8.27. The normalized spacial score (nSPS) is 11.9. The summed E-state index contributed by atoms with van der Waals surface area (Å²) in [4.78, 5) is 20.7. The number of nitrogens with zero attached hydrogens (tertiary/aromatic N) is 3. The number of nitrogens with one attached hydrogen (secondary N) is 2. The first-order chi connectivity index (χ1) is 11.7. The Balaban J connectivity index is 1.63. The molecule has 0 saturated carbocycles. The van der Waals surface area contributed by atoms with Crippen LogP contribution in [0.5, 0.6) is 5.75 Å². The third kappa shape index (κ3) is 3.60. The van der Waals surface area contributed by atoms with Crippen molar-refractivity contribution in [3.63, 3.8) is 0 Å². The van der Waals surface area contributed by atoms with E-state index >= 15 is 0 Å². The van der Waals surface area contributed by atoms with Gasteiger partial charge >= 0.3 is 0 Å². The summed E-state index contributed by atoms with van der Waals surface area (Å²) in [6.45, 7) is 1.93. The standard InChI is InChI=1S/C16H17N5O2S/c1-10(12-5-3-4-6-13(12)23-2)19-14(22)7-11-8-24-16(20-11)15-17-9-18-21-15/h3-6,8-10H,7H2,1-2H3,(H,19,22)(H,17,18,21)/t10-/m0/s1. The van der Waals surface area contributed by atoms with Crippen molar-refractivity contribution in [2.24, 2.45) is 0 Å². The van der Waals surface area contributed by atoms with E-state index in [2.05, 4.69) is 25.5 Å². The molecule has 0 radical (unpaired) electrons. The summed E-state index contributed by atoms with van der Waals surface area (Å²) in [6.07, 6.45) is 1.64. The number of amides is 1. The first kappa shape index (κ1) is 16.1. The summed E-state index contributed by atoms with van der Waals surface area (Å²) in [5, 5.41) is 12.1. The second-order valence-corrected chi connectivity index (χ2v) is 6.04. The minimum absolute atomic E-state index is 0.0946. The van der Waals surface area contributed by atoms with E-state index in [0.717, 1.165) is 11.3 Å². The molecule has 0 bridgehead atoms. The van der Waals surface area contributed by atoms with E-state index < -0.39 is 0 Å². The maximum absolute atomic E-state index is 12.3. The summed E-state index contributed by atoms with van der Waals surface area (Å²) in [5.74, 6) is 1.27. The highest BCUT2D eigenvalue weighted by atomic mass is 32.1. The molecule has 1 aromatic carbocycles. The van der Waals surface area contributed by atoms with E-state index in [-0.39, 0.29) is 18.4 Å². The number of H-pyrrole nitrogens is 1. The average Bonchev–Trinajstić information content (AvgIpc) is 3.25. The Kier molecular flexibility index (Phi) is 4.85. The number of hydrogen-bond donors (Lipinski definition) is 2. The molecule has 0 aliphatic rings. The van der Waals surface area contributed by atoms with Crippen LogP contribution in [-0.4, -0.2) is 33.2 Å². The van der Waals surface area contributed by atoms with Crippen molar-refractivity contribution < 1.29 is 9.53 Å². The van der Waals surface area contributed by atoms with Gasteiger partial charge in [0.15, 0.2) is 10.8 Å². The Morgan fingerprint density at radius 1 is 1.42 bits per heavy atom. The van der Waals surface area contributed by atoms with Crippen LogP contribution in [0.4, 0.5) is 0 Å². The number of carbonyl (C=O) groups is 1. The van der Waals surface area contributed by atoms with Crippen LogP contribution in [0.15, 0.2) is 36.0 Å². The summed E-state index contributed by atoms with van der Waals surface area (Å²) >= 11 is 1.43. The predicted octanol–water partition coefficient (Wildman–Crippen LogP) is 2.36. The summed E-state index contributed by atoms with van der Waals surface area (Å²) in [6, 6.07) is 7.49.